The Morgan fingerprint density at radius 3 is 2.46 bits per heavy atom. The first-order valence-electron chi connectivity index (χ1n) is 11.9. The van der Waals surface area contributed by atoms with E-state index in [1.54, 1.807) is 23.7 Å². The molecule has 1 fully saturated rings. The molecule has 3 aromatic rings. The smallest absolute Gasteiger partial charge is 0.343 e. The SMILES string of the molecule is CCOC(=O)c1cnc(-n2nc(C)cc2C)nc1Nc1ccccc1C(=O)N1CCN(CC)CC1. The first-order chi connectivity index (χ1) is 16.9. The van der Waals surface area contributed by atoms with Gasteiger partial charge in [-0.2, -0.15) is 10.1 Å². The van der Waals surface area contributed by atoms with Crippen LogP contribution in [0.25, 0.3) is 5.95 Å². The molecular weight excluding hydrogens is 446 g/mol. The van der Waals surface area contributed by atoms with Crippen LogP contribution in [0.4, 0.5) is 11.5 Å². The van der Waals surface area contributed by atoms with Crippen LogP contribution in [-0.2, 0) is 4.74 Å². The van der Waals surface area contributed by atoms with E-state index in [0.29, 0.717) is 30.3 Å². The van der Waals surface area contributed by atoms with Gasteiger partial charge in [0.05, 0.1) is 23.6 Å². The fraction of sp³-hybridized carbons (Fsp3) is 0.400. The molecule has 0 unspecified atom stereocenters. The lowest BCUT2D eigenvalue weighted by molar-refractivity contribution is 0.0526. The summed E-state index contributed by atoms with van der Waals surface area (Å²) >= 11 is 0. The Morgan fingerprint density at radius 2 is 1.80 bits per heavy atom. The minimum atomic E-state index is -0.547. The minimum Gasteiger partial charge on any atom is -0.462 e. The maximum atomic E-state index is 13.4. The van der Waals surface area contributed by atoms with Crippen LogP contribution in [0, 0.1) is 13.8 Å². The lowest BCUT2D eigenvalue weighted by atomic mass is 10.1. The Balaban J connectivity index is 1.68. The highest BCUT2D eigenvalue weighted by Crippen LogP contribution is 2.25. The number of para-hydroxylation sites is 1. The molecule has 1 N–H and O–H groups in total. The standard InChI is InChI=1S/C25H31N7O3/c1-5-30-11-13-31(14-12-30)23(33)19-9-7-8-10-21(19)27-22-20(24(34)35-6-2)16-26-25(28-22)32-18(4)15-17(3)29-32/h7-10,15-16H,5-6,11-14H2,1-4H3,(H,26,27,28). The molecule has 1 aliphatic heterocycles. The maximum Gasteiger partial charge on any atom is 0.343 e. The van der Waals surface area contributed by atoms with Crippen molar-refractivity contribution < 1.29 is 14.3 Å². The molecule has 0 aliphatic carbocycles. The normalized spacial score (nSPS) is 14.1. The first-order valence-corrected chi connectivity index (χ1v) is 11.9. The third-order valence-corrected chi connectivity index (χ3v) is 5.99. The number of aryl methyl sites for hydroxylation is 2. The molecule has 0 saturated carbocycles. The summed E-state index contributed by atoms with van der Waals surface area (Å²) < 4.78 is 6.82. The molecule has 1 amide bonds. The second-order valence-corrected chi connectivity index (χ2v) is 8.39. The average Bonchev–Trinajstić information content (AvgIpc) is 3.21. The van der Waals surface area contributed by atoms with Crippen LogP contribution in [0.2, 0.25) is 0 Å². The summed E-state index contributed by atoms with van der Waals surface area (Å²) in [6.07, 6.45) is 1.42. The number of anilines is 2. The fourth-order valence-corrected chi connectivity index (χ4v) is 4.10. The van der Waals surface area contributed by atoms with Crippen LogP contribution in [0.15, 0.2) is 36.5 Å². The van der Waals surface area contributed by atoms with Gasteiger partial charge >= 0.3 is 5.97 Å². The van der Waals surface area contributed by atoms with Crippen LogP contribution >= 0.6 is 0 Å². The van der Waals surface area contributed by atoms with Crippen molar-refractivity contribution in [1.82, 2.24) is 29.5 Å². The van der Waals surface area contributed by atoms with Crippen molar-refractivity contribution in [2.45, 2.75) is 27.7 Å². The maximum absolute atomic E-state index is 13.4. The van der Waals surface area contributed by atoms with E-state index in [1.165, 1.54) is 6.20 Å². The number of hydrogen-bond acceptors (Lipinski definition) is 8. The zero-order valence-electron chi connectivity index (χ0n) is 20.6. The topological polar surface area (TPSA) is 105 Å². The van der Waals surface area contributed by atoms with E-state index in [4.69, 9.17) is 4.74 Å². The predicted octanol–water partition coefficient (Wildman–Crippen LogP) is 2.98. The van der Waals surface area contributed by atoms with Gasteiger partial charge in [-0.05, 0) is 45.5 Å². The van der Waals surface area contributed by atoms with E-state index in [1.807, 2.05) is 36.9 Å². The van der Waals surface area contributed by atoms with E-state index in [9.17, 15) is 9.59 Å². The summed E-state index contributed by atoms with van der Waals surface area (Å²) in [5.74, 6) is -0.0496. The second kappa shape index (κ2) is 10.6. The molecule has 10 nitrogen and oxygen atoms in total. The average molecular weight is 478 g/mol. The van der Waals surface area contributed by atoms with Gasteiger partial charge in [0, 0.05) is 38.1 Å². The number of carbonyl (C=O) groups excluding carboxylic acids is 2. The minimum absolute atomic E-state index is 0.0608. The lowest BCUT2D eigenvalue weighted by Gasteiger charge is -2.34. The van der Waals surface area contributed by atoms with Gasteiger partial charge in [-0.3, -0.25) is 4.79 Å². The van der Waals surface area contributed by atoms with E-state index in [2.05, 4.69) is 32.2 Å². The highest BCUT2D eigenvalue weighted by atomic mass is 16.5. The van der Waals surface area contributed by atoms with Crippen molar-refractivity contribution in [2.75, 3.05) is 44.6 Å². The number of nitrogens with zero attached hydrogens (tertiary/aromatic N) is 6. The van der Waals surface area contributed by atoms with Crippen LogP contribution in [0.5, 0.6) is 0 Å². The molecule has 0 bridgehead atoms. The molecular formula is C25H31N7O3. The Bertz CT molecular complexity index is 1220. The highest BCUT2D eigenvalue weighted by molar-refractivity contribution is 6.01. The molecule has 0 atom stereocenters. The number of benzene rings is 1. The third kappa shape index (κ3) is 5.32. The number of nitrogens with one attached hydrogen (secondary N) is 1. The zero-order valence-corrected chi connectivity index (χ0v) is 20.6. The Labute approximate surface area is 204 Å². The Kier molecular flexibility index (Phi) is 7.40. The van der Waals surface area contributed by atoms with Crippen molar-refractivity contribution >= 4 is 23.4 Å². The van der Waals surface area contributed by atoms with Crippen LogP contribution in [0.3, 0.4) is 0 Å². The largest absolute Gasteiger partial charge is 0.462 e. The zero-order chi connectivity index (χ0) is 24.9. The number of piperazine rings is 1. The number of aromatic nitrogens is 4. The molecule has 184 valence electrons. The Morgan fingerprint density at radius 1 is 1.06 bits per heavy atom. The van der Waals surface area contributed by atoms with Gasteiger partial charge in [0.25, 0.3) is 11.9 Å². The molecule has 1 saturated heterocycles. The first kappa shape index (κ1) is 24.3. The van der Waals surface area contributed by atoms with Gasteiger partial charge in [0.15, 0.2) is 5.82 Å². The molecule has 2 aromatic heterocycles. The number of rotatable bonds is 7. The highest BCUT2D eigenvalue weighted by Gasteiger charge is 2.24. The summed E-state index contributed by atoms with van der Waals surface area (Å²) in [5.41, 5.74) is 2.93. The summed E-state index contributed by atoms with van der Waals surface area (Å²) in [4.78, 5) is 39.2. The molecule has 1 aliphatic rings. The summed E-state index contributed by atoms with van der Waals surface area (Å²) in [7, 11) is 0. The lowest BCUT2D eigenvalue weighted by Crippen LogP contribution is -2.48. The van der Waals surface area contributed by atoms with E-state index < -0.39 is 5.97 Å². The van der Waals surface area contributed by atoms with Crippen LogP contribution < -0.4 is 5.32 Å². The van der Waals surface area contributed by atoms with Crippen molar-refractivity contribution in [3.63, 3.8) is 0 Å². The predicted molar refractivity (Wildman–Crippen MR) is 132 cm³/mol. The fourth-order valence-electron chi connectivity index (χ4n) is 4.10. The van der Waals surface area contributed by atoms with E-state index in [-0.39, 0.29) is 23.9 Å². The third-order valence-electron chi connectivity index (χ3n) is 5.99. The van der Waals surface area contributed by atoms with E-state index in [0.717, 1.165) is 31.0 Å². The number of likely N-dealkylation sites (N-methyl/N-ethyl adjacent to an activating group) is 1. The molecule has 0 spiro atoms. The van der Waals surface area contributed by atoms with E-state index >= 15 is 0 Å². The Hall–Kier alpha value is -3.79. The van der Waals surface area contributed by atoms with Gasteiger partial charge in [-0.1, -0.05) is 19.1 Å². The molecule has 35 heavy (non-hydrogen) atoms. The number of amides is 1. The van der Waals surface area contributed by atoms with Crippen molar-refractivity contribution in [3.05, 3.63) is 59.0 Å². The summed E-state index contributed by atoms with van der Waals surface area (Å²) in [6.45, 7) is 11.9. The number of ether oxygens (including phenoxy) is 1. The van der Waals surface area contributed by atoms with Crippen LogP contribution in [-0.4, -0.2) is 80.8 Å². The van der Waals surface area contributed by atoms with Gasteiger partial charge < -0.3 is 19.9 Å². The molecule has 3 heterocycles. The number of hydrogen-bond donors (Lipinski definition) is 1. The molecule has 4 rings (SSSR count). The second-order valence-electron chi connectivity index (χ2n) is 8.39. The molecule has 0 radical (unpaired) electrons. The van der Waals surface area contributed by atoms with Crippen LogP contribution in [0.1, 0.15) is 46.0 Å². The van der Waals surface area contributed by atoms with Gasteiger partial charge in [0.1, 0.15) is 5.56 Å². The quantitative estimate of drug-likeness (QED) is 0.518. The van der Waals surface area contributed by atoms with Crippen molar-refractivity contribution in [1.29, 1.82) is 0 Å². The molecule has 1 aromatic carbocycles. The monoisotopic (exact) mass is 477 g/mol. The van der Waals surface area contributed by atoms with Gasteiger partial charge in [-0.25, -0.2) is 14.5 Å². The number of carbonyl (C=O) groups is 2. The summed E-state index contributed by atoms with van der Waals surface area (Å²) in [5, 5.41) is 7.65. The van der Waals surface area contributed by atoms with Crippen molar-refractivity contribution in [3.8, 4) is 5.95 Å². The van der Waals surface area contributed by atoms with Gasteiger partial charge in [0.2, 0.25) is 0 Å². The molecule has 10 heteroatoms. The summed E-state index contributed by atoms with van der Waals surface area (Å²) in [6, 6.07) is 9.16. The van der Waals surface area contributed by atoms with Crippen molar-refractivity contribution in [2.24, 2.45) is 0 Å². The van der Waals surface area contributed by atoms with Gasteiger partial charge in [-0.15, -0.1) is 0 Å². The number of esters is 1.